The smallest absolute Gasteiger partial charge is 0.313 e. The average molecular weight is 743 g/mol. The van der Waals surface area contributed by atoms with Gasteiger partial charge in [-0.2, -0.15) is 0 Å². The Balaban J connectivity index is 1.48. The molecule has 0 saturated carbocycles. The number of ether oxygens (including phenoxy) is 2. The molecule has 2 bridgehead atoms. The number of aliphatic hydroxyl groups is 1. The van der Waals surface area contributed by atoms with Crippen molar-refractivity contribution in [1.82, 2.24) is 10.2 Å². The number of rotatable bonds is 16. The van der Waals surface area contributed by atoms with Gasteiger partial charge in [-0.3, -0.25) is 19.2 Å². The lowest BCUT2D eigenvalue weighted by molar-refractivity contribution is -0.160. The second kappa shape index (κ2) is 15.8. The van der Waals surface area contributed by atoms with Crippen molar-refractivity contribution in [2.45, 2.75) is 60.8 Å². The lowest BCUT2D eigenvalue weighted by Gasteiger charge is -2.37. The zero-order chi connectivity index (χ0) is 34.4. The van der Waals surface area contributed by atoms with E-state index in [0.29, 0.717) is 42.0 Å². The molecular weight excluding hydrogens is 702 g/mol. The fourth-order valence-electron chi connectivity index (χ4n) is 7.21. The van der Waals surface area contributed by atoms with Crippen molar-refractivity contribution in [2.75, 3.05) is 31.1 Å². The van der Waals surface area contributed by atoms with Crippen molar-refractivity contribution in [3.8, 4) is 0 Å². The van der Waals surface area contributed by atoms with Gasteiger partial charge in [-0.15, -0.1) is 13.2 Å². The summed E-state index contributed by atoms with van der Waals surface area (Å²) in [6.07, 6.45) is 3.64. The van der Waals surface area contributed by atoms with Crippen LogP contribution in [0, 0.1) is 11.8 Å². The summed E-state index contributed by atoms with van der Waals surface area (Å²) in [6.45, 7) is 7.77. The van der Waals surface area contributed by atoms with Crippen LogP contribution in [0.4, 0.5) is 5.69 Å². The number of halogens is 2. The van der Waals surface area contributed by atoms with Gasteiger partial charge in [0.2, 0.25) is 11.8 Å². The fourth-order valence-corrected chi connectivity index (χ4v) is 8.39. The number of carbonyl (C=O) groups is 4. The summed E-state index contributed by atoms with van der Waals surface area (Å²) in [4.78, 5) is 58.5. The van der Waals surface area contributed by atoms with Crippen molar-refractivity contribution in [3.63, 3.8) is 0 Å². The molecule has 3 amide bonds. The number of esters is 1. The molecule has 2 N–H and O–H groups in total. The Kier molecular flexibility index (Phi) is 11.8. The lowest BCUT2D eigenvalue weighted by atomic mass is 9.70. The Labute approximate surface area is 294 Å². The first-order valence-electron chi connectivity index (χ1n) is 16.2. The number of hydrogen-bond acceptors (Lipinski definition) is 7. The second-order valence-corrected chi connectivity index (χ2v) is 13.9. The van der Waals surface area contributed by atoms with Crippen molar-refractivity contribution in [1.29, 1.82) is 0 Å². The molecule has 3 aliphatic rings. The van der Waals surface area contributed by atoms with Gasteiger partial charge in [-0.25, -0.2) is 0 Å². The molecule has 256 valence electrons. The first-order valence-corrected chi connectivity index (χ1v) is 17.5. The molecular formula is C36H41BrClN3O7. The molecule has 3 saturated heterocycles. The van der Waals surface area contributed by atoms with E-state index in [4.69, 9.17) is 21.1 Å². The first kappa shape index (κ1) is 35.8. The molecule has 1 unspecified atom stereocenters. The number of fused-ring (bicyclic) bond motifs is 1. The highest BCUT2D eigenvalue weighted by Crippen LogP contribution is 2.60. The van der Waals surface area contributed by atoms with Gasteiger partial charge in [0.15, 0.2) is 0 Å². The highest BCUT2D eigenvalue weighted by Gasteiger charge is 2.77. The van der Waals surface area contributed by atoms with Crippen molar-refractivity contribution < 1.29 is 33.8 Å². The third kappa shape index (κ3) is 6.96. The Morgan fingerprint density at radius 2 is 1.88 bits per heavy atom. The number of likely N-dealkylation sites (tertiary alicyclic amines) is 1. The molecule has 2 aromatic carbocycles. The van der Waals surface area contributed by atoms with E-state index in [1.807, 2.05) is 18.2 Å². The number of unbranched alkanes of at least 4 members (excludes halogenated alkanes) is 1. The SMILES string of the molecule is C=CCCC(=O)NC[C@@H](OC(=O)[C@@H]1[C@H]2O[C@@]3(CC2Br)[C@H](C(=O)N(CC=C)c2ccccc2Cl)N(CCCCO)C(=O)[C@@H]13)c1ccccc1. The van der Waals surface area contributed by atoms with E-state index >= 15 is 0 Å². The van der Waals surface area contributed by atoms with Crippen LogP contribution in [0.5, 0.6) is 0 Å². The van der Waals surface area contributed by atoms with E-state index in [1.165, 1.54) is 9.80 Å². The van der Waals surface area contributed by atoms with E-state index in [-0.39, 0.29) is 49.3 Å². The number of anilines is 1. The van der Waals surface area contributed by atoms with Crippen LogP contribution in [0.3, 0.4) is 0 Å². The van der Waals surface area contributed by atoms with Crippen molar-refractivity contribution >= 4 is 56.9 Å². The van der Waals surface area contributed by atoms with Crippen LogP contribution >= 0.6 is 27.5 Å². The van der Waals surface area contributed by atoms with E-state index in [2.05, 4.69) is 34.4 Å². The number of para-hydroxylation sites is 1. The first-order chi connectivity index (χ1) is 23.2. The number of aliphatic hydroxyl groups excluding tert-OH is 1. The minimum Gasteiger partial charge on any atom is -0.455 e. The number of benzene rings is 2. The van der Waals surface area contributed by atoms with Crippen LogP contribution in [-0.2, 0) is 28.7 Å². The molecule has 3 aliphatic heterocycles. The number of alkyl halides is 1. The van der Waals surface area contributed by atoms with E-state index in [0.717, 1.165) is 0 Å². The van der Waals surface area contributed by atoms with Gasteiger partial charge >= 0.3 is 5.97 Å². The third-order valence-electron chi connectivity index (χ3n) is 9.31. The standard InChI is InChI=1S/C36H41BrClN3O7/c1-3-5-17-28(43)39-22-27(23-13-7-6-8-14-23)47-35(46)29-30-33(44)41(19-11-12-20-42)32(36(30)21-24(37)31(29)48-36)34(45)40(18-4-2)26-16-10-9-15-25(26)38/h3-4,6-10,13-16,24,27,29-32,42H,1-2,5,11-12,17-22H2,(H,39,43)/t24?,27-,29+,30-,31+,32+,36-/m1/s1. The van der Waals surface area contributed by atoms with Crippen LogP contribution in [0.15, 0.2) is 79.9 Å². The van der Waals surface area contributed by atoms with Gasteiger partial charge in [0.25, 0.3) is 5.91 Å². The largest absolute Gasteiger partial charge is 0.455 e. The van der Waals surface area contributed by atoms with Gasteiger partial charge in [-0.1, -0.05) is 82.1 Å². The van der Waals surface area contributed by atoms with Gasteiger partial charge < -0.3 is 29.7 Å². The quantitative estimate of drug-likeness (QED) is 0.110. The van der Waals surface area contributed by atoms with Crippen molar-refractivity contribution in [2.24, 2.45) is 11.8 Å². The second-order valence-electron chi connectivity index (χ2n) is 12.3. The fraction of sp³-hybridized carbons (Fsp3) is 0.444. The van der Waals surface area contributed by atoms with E-state index in [1.54, 1.807) is 48.6 Å². The van der Waals surface area contributed by atoms with Crippen LogP contribution < -0.4 is 10.2 Å². The summed E-state index contributed by atoms with van der Waals surface area (Å²) < 4.78 is 12.8. The zero-order valence-corrected chi connectivity index (χ0v) is 29.0. The summed E-state index contributed by atoms with van der Waals surface area (Å²) >= 11 is 10.3. The number of amides is 3. The Morgan fingerprint density at radius 1 is 1.15 bits per heavy atom. The third-order valence-corrected chi connectivity index (χ3v) is 10.5. The molecule has 10 nitrogen and oxygen atoms in total. The molecule has 0 aliphatic carbocycles. The summed E-state index contributed by atoms with van der Waals surface area (Å²) in [5.74, 6) is -3.62. The molecule has 1 spiro atoms. The molecule has 3 heterocycles. The van der Waals surface area contributed by atoms with Gasteiger partial charge in [0.05, 0.1) is 35.2 Å². The molecule has 0 radical (unpaired) electrons. The molecule has 5 rings (SSSR count). The van der Waals surface area contributed by atoms with Gasteiger partial charge in [0.1, 0.15) is 17.7 Å². The lowest BCUT2D eigenvalue weighted by Crippen LogP contribution is -2.57. The molecule has 3 fully saturated rings. The molecule has 7 atom stereocenters. The van der Waals surface area contributed by atoms with E-state index in [9.17, 15) is 24.3 Å². The van der Waals surface area contributed by atoms with Crippen LogP contribution in [0.25, 0.3) is 0 Å². The number of carbonyl (C=O) groups excluding carboxylic acids is 4. The minimum atomic E-state index is -1.32. The van der Waals surface area contributed by atoms with E-state index < -0.39 is 47.6 Å². The van der Waals surface area contributed by atoms with Gasteiger partial charge in [0, 0.05) is 30.9 Å². The number of allylic oxidation sites excluding steroid dienone is 1. The predicted molar refractivity (Wildman–Crippen MR) is 185 cm³/mol. The Hall–Kier alpha value is -3.51. The summed E-state index contributed by atoms with van der Waals surface area (Å²) in [5.41, 5.74) is -0.177. The highest BCUT2D eigenvalue weighted by molar-refractivity contribution is 9.09. The maximum Gasteiger partial charge on any atom is 0.313 e. The number of nitrogens with one attached hydrogen (secondary N) is 1. The Bertz CT molecular complexity index is 1530. The topological polar surface area (TPSA) is 125 Å². The molecule has 2 aromatic rings. The summed E-state index contributed by atoms with van der Waals surface area (Å²) in [5, 5.41) is 12.7. The molecule has 48 heavy (non-hydrogen) atoms. The normalized spacial score (nSPS) is 26.1. The summed E-state index contributed by atoms with van der Waals surface area (Å²) in [7, 11) is 0. The molecule has 12 heteroatoms. The van der Waals surface area contributed by atoms with Crippen LogP contribution in [-0.4, -0.2) is 82.5 Å². The average Bonchev–Trinajstić information content (AvgIpc) is 3.68. The van der Waals surface area contributed by atoms with Crippen LogP contribution in [0.1, 0.15) is 43.8 Å². The maximum absolute atomic E-state index is 14.7. The predicted octanol–water partition coefficient (Wildman–Crippen LogP) is 4.75. The maximum atomic E-state index is 14.7. The highest BCUT2D eigenvalue weighted by atomic mass is 79.9. The summed E-state index contributed by atoms with van der Waals surface area (Å²) in [6, 6.07) is 15.0. The Morgan fingerprint density at radius 3 is 2.56 bits per heavy atom. The molecule has 0 aromatic heterocycles. The van der Waals surface area contributed by atoms with Crippen LogP contribution in [0.2, 0.25) is 5.02 Å². The van der Waals surface area contributed by atoms with Gasteiger partial charge in [-0.05, 0) is 43.4 Å². The van der Waals surface area contributed by atoms with Crippen molar-refractivity contribution in [3.05, 3.63) is 90.5 Å². The monoisotopic (exact) mass is 741 g/mol. The number of hydrogen-bond donors (Lipinski definition) is 2. The zero-order valence-electron chi connectivity index (χ0n) is 26.6. The number of nitrogens with zero attached hydrogens (tertiary/aromatic N) is 2. The minimum absolute atomic E-state index is 0.0359.